The average Bonchev–Trinajstić information content (AvgIpc) is 2.02. The van der Waals surface area contributed by atoms with Gasteiger partial charge in [0.2, 0.25) is 0 Å². The Labute approximate surface area is 89.2 Å². The van der Waals surface area contributed by atoms with E-state index >= 15 is 0 Å². The van der Waals surface area contributed by atoms with Gasteiger partial charge in [0.05, 0.1) is 5.75 Å². The third kappa shape index (κ3) is 3.65. The molecule has 78 valence electrons. The van der Waals surface area contributed by atoms with Crippen LogP contribution in [-0.2, 0) is 15.5 Å². The fourth-order valence-electron chi connectivity index (χ4n) is 1.16. The molecule has 1 aromatic rings. The monoisotopic (exact) mass is 232 g/mol. The van der Waals surface area contributed by atoms with Gasteiger partial charge in [-0.05, 0) is 17.7 Å². The van der Waals surface area contributed by atoms with E-state index in [1.807, 2.05) is 6.07 Å². The summed E-state index contributed by atoms with van der Waals surface area (Å²) < 4.78 is 19.1. The highest BCUT2D eigenvalue weighted by atomic mass is 35.5. The predicted molar refractivity (Wildman–Crippen MR) is 59.9 cm³/mol. The van der Waals surface area contributed by atoms with E-state index in [1.165, 1.54) is 0 Å². The number of benzene rings is 1. The lowest BCUT2D eigenvalue weighted by atomic mass is 10.2. The molecule has 3 N–H and O–H groups in total. The number of hydrogen-bond acceptors (Lipinski definition) is 3. The highest BCUT2D eigenvalue weighted by Crippen LogP contribution is 2.13. The molecule has 5 heteroatoms. The van der Waals surface area contributed by atoms with Crippen molar-refractivity contribution in [1.29, 1.82) is 4.78 Å². The normalized spacial score (nSPS) is 15.0. The van der Waals surface area contributed by atoms with Crippen LogP contribution in [0.2, 0.25) is 5.02 Å². The summed E-state index contributed by atoms with van der Waals surface area (Å²) in [6.07, 6.45) is 0. The van der Waals surface area contributed by atoms with E-state index in [0.29, 0.717) is 5.02 Å². The molecule has 0 aromatic heterocycles. The van der Waals surface area contributed by atoms with E-state index in [2.05, 4.69) is 0 Å². The highest BCUT2D eigenvalue weighted by Gasteiger charge is 2.06. The molecule has 1 unspecified atom stereocenters. The van der Waals surface area contributed by atoms with Crippen molar-refractivity contribution in [3.63, 3.8) is 0 Å². The lowest BCUT2D eigenvalue weighted by Crippen LogP contribution is -2.16. The van der Waals surface area contributed by atoms with Crippen LogP contribution >= 0.6 is 11.6 Å². The first-order valence-electron chi connectivity index (χ1n) is 4.22. The topological polar surface area (TPSA) is 66.9 Å². The van der Waals surface area contributed by atoms with E-state index < -0.39 is 9.73 Å². The smallest absolute Gasteiger partial charge is 0.0567 e. The second kappa shape index (κ2) is 4.77. The van der Waals surface area contributed by atoms with Gasteiger partial charge in [-0.2, -0.15) is 0 Å². The average molecular weight is 233 g/mol. The molecule has 14 heavy (non-hydrogen) atoms. The largest absolute Gasteiger partial charge is 0.330 e. The van der Waals surface area contributed by atoms with Crippen LogP contribution in [0.4, 0.5) is 0 Å². The summed E-state index contributed by atoms with van der Waals surface area (Å²) in [5.74, 6) is 0.463. The van der Waals surface area contributed by atoms with E-state index in [9.17, 15) is 4.21 Å². The van der Waals surface area contributed by atoms with Crippen LogP contribution in [0.25, 0.3) is 0 Å². The van der Waals surface area contributed by atoms with E-state index in [-0.39, 0.29) is 18.1 Å². The molecule has 0 spiro atoms. The molecule has 0 amide bonds. The standard InChI is InChI=1S/C9H13ClN2OS/c10-9-3-1-2-8(6-9)7-14(12,13)5-4-11/h1-3,6,12H,4-5,7,11H2. The Morgan fingerprint density at radius 3 is 2.79 bits per heavy atom. The van der Waals surface area contributed by atoms with Crippen molar-refractivity contribution in [2.45, 2.75) is 5.75 Å². The van der Waals surface area contributed by atoms with Crippen LogP contribution in [0, 0.1) is 4.78 Å². The molecular formula is C9H13ClN2OS. The van der Waals surface area contributed by atoms with E-state index in [0.717, 1.165) is 5.56 Å². The summed E-state index contributed by atoms with van der Waals surface area (Å²) in [5.41, 5.74) is 6.10. The maximum absolute atomic E-state index is 11.6. The Morgan fingerprint density at radius 1 is 1.50 bits per heavy atom. The molecule has 0 bridgehead atoms. The van der Waals surface area contributed by atoms with Crippen molar-refractivity contribution in [3.8, 4) is 0 Å². The van der Waals surface area contributed by atoms with Crippen molar-refractivity contribution in [1.82, 2.24) is 0 Å². The van der Waals surface area contributed by atoms with Crippen LogP contribution in [0.5, 0.6) is 0 Å². The van der Waals surface area contributed by atoms with Gasteiger partial charge in [0.15, 0.2) is 0 Å². The number of nitrogens with two attached hydrogens (primary N) is 1. The van der Waals surface area contributed by atoms with Gasteiger partial charge in [0.1, 0.15) is 0 Å². The number of halogens is 1. The maximum Gasteiger partial charge on any atom is 0.0567 e. The third-order valence-corrected chi connectivity index (χ3v) is 3.67. The van der Waals surface area contributed by atoms with Crippen molar-refractivity contribution >= 4 is 21.3 Å². The third-order valence-electron chi connectivity index (χ3n) is 1.74. The van der Waals surface area contributed by atoms with Crippen molar-refractivity contribution in [2.24, 2.45) is 5.73 Å². The summed E-state index contributed by atoms with van der Waals surface area (Å²) in [5, 5.41) is 0.602. The highest BCUT2D eigenvalue weighted by molar-refractivity contribution is 7.91. The minimum Gasteiger partial charge on any atom is -0.330 e. The van der Waals surface area contributed by atoms with E-state index in [4.69, 9.17) is 22.1 Å². The Hall–Kier alpha value is -0.580. The Bertz CT molecular complexity index is 403. The van der Waals surface area contributed by atoms with Gasteiger partial charge in [-0.1, -0.05) is 23.7 Å². The van der Waals surface area contributed by atoms with Crippen LogP contribution in [-0.4, -0.2) is 16.5 Å². The molecule has 0 aliphatic heterocycles. The summed E-state index contributed by atoms with van der Waals surface area (Å²) in [4.78, 5) is 0. The molecule has 0 fully saturated rings. The molecular weight excluding hydrogens is 220 g/mol. The quantitative estimate of drug-likeness (QED) is 0.832. The second-order valence-electron chi connectivity index (χ2n) is 3.08. The van der Waals surface area contributed by atoms with Gasteiger partial charge in [0, 0.05) is 27.0 Å². The minimum absolute atomic E-state index is 0.227. The lowest BCUT2D eigenvalue weighted by molar-refractivity contribution is 0.673. The number of nitrogens with one attached hydrogen (secondary N) is 1. The first kappa shape index (κ1) is 11.5. The van der Waals surface area contributed by atoms with Gasteiger partial charge in [-0.3, -0.25) is 4.78 Å². The van der Waals surface area contributed by atoms with Crippen LogP contribution < -0.4 is 5.73 Å². The minimum atomic E-state index is -2.59. The van der Waals surface area contributed by atoms with Crippen LogP contribution in [0.1, 0.15) is 5.56 Å². The molecule has 0 saturated carbocycles. The summed E-state index contributed by atoms with van der Waals surface area (Å²) in [6.45, 7) is 0.281. The Kier molecular flexibility index (Phi) is 3.92. The molecule has 0 radical (unpaired) electrons. The second-order valence-corrected chi connectivity index (χ2v) is 5.84. The fourth-order valence-corrected chi connectivity index (χ4v) is 2.61. The molecule has 1 atom stereocenters. The molecule has 1 rings (SSSR count). The van der Waals surface area contributed by atoms with Gasteiger partial charge in [-0.15, -0.1) is 0 Å². The number of hydrogen-bond donors (Lipinski definition) is 2. The van der Waals surface area contributed by atoms with Crippen molar-refractivity contribution in [2.75, 3.05) is 12.3 Å². The number of rotatable bonds is 4. The summed E-state index contributed by atoms with van der Waals surface area (Å²) >= 11 is 5.77. The van der Waals surface area contributed by atoms with E-state index in [1.54, 1.807) is 18.2 Å². The molecule has 1 aromatic carbocycles. The van der Waals surface area contributed by atoms with Crippen LogP contribution in [0.15, 0.2) is 24.3 Å². The zero-order chi connectivity index (χ0) is 10.6. The molecule has 0 heterocycles. The Morgan fingerprint density at radius 2 is 2.21 bits per heavy atom. The molecule has 0 saturated heterocycles. The molecule has 0 aliphatic carbocycles. The zero-order valence-corrected chi connectivity index (χ0v) is 9.27. The first-order valence-corrected chi connectivity index (χ1v) is 6.49. The van der Waals surface area contributed by atoms with Gasteiger partial charge in [0.25, 0.3) is 0 Å². The van der Waals surface area contributed by atoms with Gasteiger partial charge in [-0.25, -0.2) is 4.21 Å². The Balaban J connectivity index is 2.79. The zero-order valence-electron chi connectivity index (χ0n) is 7.70. The van der Waals surface area contributed by atoms with Gasteiger partial charge >= 0.3 is 0 Å². The molecule has 0 aliphatic rings. The maximum atomic E-state index is 11.6. The fraction of sp³-hybridized carbons (Fsp3) is 0.333. The summed E-state index contributed by atoms with van der Waals surface area (Å²) in [6, 6.07) is 7.08. The van der Waals surface area contributed by atoms with Crippen molar-refractivity contribution < 1.29 is 4.21 Å². The van der Waals surface area contributed by atoms with Crippen LogP contribution in [0.3, 0.4) is 0 Å². The predicted octanol–water partition coefficient (Wildman–Crippen LogP) is 1.85. The van der Waals surface area contributed by atoms with Crippen molar-refractivity contribution in [3.05, 3.63) is 34.9 Å². The molecule has 3 nitrogen and oxygen atoms in total. The summed E-state index contributed by atoms with van der Waals surface area (Å²) in [7, 11) is -2.59. The first-order chi connectivity index (χ1) is 6.53. The van der Waals surface area contributed by atoms with Gasteiger partial charge < -0.3 is 5.73 Å². The SMILES string of the molecule is N=S(=O)(CCN)Cc1cccc(Cl)c1. The lowest BCUT2D eigenvalue weighted by Gasteiger charge is -2.05.